The molecule has 2 spiro atoms. The van der Waals surface area contributed by atoms with Crippen LogP contribution < -0.4 is 0 Å². The van der Waals surface area contributed by atoms with Crippen LogP contribution in [0.3, 0.4) is 0 Å². The summed E-state index contributed by atoms with van der Waals surface area (Å²) in [5.41, 5.74) is 0.213. The average molecular weight is 574 g/mol. The van der Waals surface area contributed by atoms with Gasteiger partial charge in [0.05, 0.1) is 37.1 Å². The van der Waals surface area contributed by atoms with Crippen LogP contribution in [0.25, 0.3) is 0 Å². The maximum Gasteiger partial charge on any atom is 0.219 e. The SMILES string of the molecule is CC(=O)N1CCOC(O[C@H]2CCC34C[C@]35CCC3(C)C6CCC([C@H](O)C(C)(C)O)OC6CC3C5CCC4C2(C)C)C1. The van der Waals surface area contributed by atoms with Gasteiger partial charge in [0.2, 0.25) is 5.91 Å². The van der Waals surface area contributed by atoms with Gasteiger partial charge in [-0.3, -0.25) is 4.79 Å². The summed E-state index contributed by atoms with van der Waals surface area (Å²) in [5, 5.41) is 21.3. The molecular formula is C34H55NO6. The number of hydrogen-bond acceptors (Lipinski definition) is 6. The molecule has 0 aromatic heterocycles. The van der Waals surface area contributed by atoms with E-state index in [2.05, 4.69) is 20.8 Å². The molecule has 2 N–H and O–H groups in total. The van der Waals surface area contributed by atoms with E-state index in [4.69, 9.17) is 14.2 Å². The zero-order valence-electron chi connectivity index (χ0n) is 26.4. The lowest BCUT2D eigenvalue weighted by Crippen LogP contribution is -2.56. The molecule has 9 unspecified atom stereocenters. The third kappa shape index (κ3) is 4.11. The normalized spacial score (nSPS) is 51.0. The maximum atomic E-state index is 12.0. The van der Waals surface area contributed by atoms with Crippen LogP contribution in [0.1, 0.15) is 106 Å². The predicted molar refractivity (Wildman–Crippen MR) is 155 cm³/mol. The quantitative estimate of drug-likeness (QED) is 0.497. The fourth-order valence-electron chi connectivity index (χ4n) is 12.4. The van der Waals surface area contributed by atoms with E-state index in [-0.39, 0.29) is 35.9 Å². The molecule has 7 aliphatic rings. The zero-order chi connectivity index (χ0) is 29.2. The lowest BCUT2D eigenvalue weighted by atomic mass is 9.46. The van der Waals surface area contributed by atoms with Crippen molar-refractivity contribution in [1.29, 1.82) is 0 Å². The summed E-state index contributed by atoms with van der Waals surface area (Å²) in [5.74, 6) is 2.84. The van der Waals surface area contributed by atoms with Crippen LogP contribution in [0.5, 0.6) is 0 Å². The van der Waals surface area contributed by atoms with E-state index in [0.29, 0.717) is 53.7 Å². The highest BCUT2D eigenvalue weighted by Crippen LogP contribution is 2.87. The molecule has 7 heteroatoms. The van der Waals surface area contributed by atoms with Crippen LogP contribution in [0.15, 0.2) is 0 Å². The number of nitrogens with zero attached hydrogens (tertiary/aromatic N) is 1. The van der Waals surface area contributed by atoms with Gasteiger partial charge in [0.1, 0.15) is 6.10 Å². The minimum absolute atomic E-state index is 0.0859. The molecule has 2 heterocycles. The molecule has 7 nitrogen and oxygen atoms in total. The van der Waals surface area contributed by atoms with Gasteiger partial charge in [-0.1, -0.05) is 20.8 Å². The van der Waals surface area contributed by atoms with Crippen molar-refractivity contribution in [3.63, 3.8) is 0 Å². The summed E-state index contributed by atoms with van der Waals surface area (Å²) in [7, 11) is 0. The Morgan fingerprint density at radius 1 is 1.00 bits per heavy atom. The van der Waals surface area contributed by atoms with Gasteiger partial charge >= 0.3 is 0 Å². The summed E-state index contributed by atoms with van der Waals surface area (Å²) >= 11 is 0. The zero-order valence-corrected chi connectivity index (χ0v) is 26.4. The Morgan fingerprint density at radius 2 is 1.76 bits per heavy atom. The van der Waals surface area contributed by atoms with E-state index in [1.54, 1.807) is 20.8 Å². The first-order valence-corrected chi connectivity index (χ1v) is 16.8. The van der Waals surface area contributed by atoms with Crippen molar-refractivity contribution < 1.29 is 29.2 Å². The standard InChI is InChI=1S/C34H55NO6/c1-20(36)35-15-16-39-28(18-35)41-27-11-12-34-19-33(34)14-13-32(6)22-7-9-24(29(37)31(4,5)38)40-25(22)17-23(32)21(33)8-10-26(34)30(27,2)3/h21-29,37-38H,7-19H2,1-6H3/t21?,22?,23?,24?,25?,26?,27-,28?,29-,32?,33-,34?/m0/s1. The van der Waals surface area contributed by atoms with Crippen molar-refractivity contribution >= 4 is 5.91 Å². The van der Waals surface area contributed by atoms with Crippen LogP contribution in [-0.2, 0) is 19.0 Å². The Hall–Kier alpha value is -0.730. The monoisotopic (exact) mass is 573 g/mol. The highest BCUT2D eigenvalue weighted by Gasteiger charge is 2.80. The first-order chi connectivity index (χ1) is 19.2. The average Bonchev–Trinajstić information content (AvgIpc) is 3.49. The Kier molecular flexibility index (Phi) is 6.64. The summed E-state index contributed by atoms with van der Waals surface area (Å²) in [4.78, 5) is 13.9. The Bertz CT molecular complexity index is 1060. The predicted octanol–water partition coefficient (Wildman–Crippen LogP) is 4.91. The first-order valence-electron chi connectivity index (χ1n) is 16.8. The number of morpholine rings is 1. The number of ether oxygens (including phenoxy) is 3. The number of rotatable bonds is 4. The lowest BCUT2D eigenvalue weighted by Gasteiger charge is -2.60. The molecule has 1 amide bonds. The number of fused-ring (bicyclic) bond motifs is 4. The lowest BCUT2D eigenvalue weighted by molar-refractivity contribution is -0.244. The van der Waals surface area contributed by atoms with Crippen LogP contribution in [0, 0.1) is 45.3 Å². The van der Waals surface area contributed by atoms with E-state index >= 15 is 0 Å². The van der Waals surface area contributed by atoms with E-state index in [0.717, 1.165) is 31.6 Å². The van der Waals surface area contributed by atoms with Crippen LogP contribution in [-0.4, -0.2) is 77.0 Å². The second-order valence-electron chi connectivity index (χ2n) is 16.8. The second-order valence-corrected chi connectivity index (χ2v) is 16.8. The number of hydrogen-bond donors (Lipinski definition) is 2. The third-order valence-electron chi connectivity index (χ3n) is 14.4. The van der Waals surface area contributed by atoms with Crippen molar-refractivity contribution in [2.24, 2.45) is 45.3 Å². The molecule has 41 heavy (non-hydrogen) atoms. The smallest absolute Gasteiger partial charge is 0.219 e. The van der Waals surface area contributed by atoms with Gasteiger partial charge < -0.3 is 29.3 Å². The molecule has 0 radical (unpaired) electrons. The molecule has 2 saturated heterocycles. The molecular weight excluding hydrogens is 518 g/mol. The van der Waals surface area contributed by atoms with E-state index < -0.39 is 11.7 Å². The summed E-state index contributed by atoms with van der Waals surface area (Å²) in [6.07, 6.45) is 11.1. The second kappa shape index (κ2) is 9.39. The van der Waals surface area contributed by atoms with Gasteiger partial charge in [0.15, 0.2) is 6.29 Å². The largest absolute Gasteiger partial charge is 0.388 e. The van der Waals surface area contributed by atoms with E-state index in [1.807, 2.05) is 4.90 Å². The van der Waals surface area contributed by atoms with Crippen molar-refractivity contribution in [3.05, 3.63) is 0 Å². The van der Waals surface area contributed by atoms with Crippen molar-refractivity contribution in [2.75, 3.05) is 19.7 Å². The molecule has 7 rings (SSSR count). The fraction of sp³-hybridized carbons (Fsp3) is 0.971. The Labute approximate surface area is 247 Å². The van der Waals surface area contributed by atoms with Gasteiger partial charge in [-0.2, -0.15) is 0 Å². The minimum Gasteiger partial charge on any atom is -0.388 e. The summed E-state index contributed by atoms with van der Waals surface area (Å²) in [6.45, 7) is 14.3. The molecule has 5 aliphatic carbocycles. The highest BCUT2D eigenvalue weighted by atomic mass is 16.7. The van der Waals surface area contributed by atoms with Crippen molar-refractivity contribution in [2.45, 2.75) is 142 Å². The molecule has 12 atom stereocenters. The number of carbonyl (C=O) groups is 1. The summed E-state index contributed by atoms with van der Waals surface area (Å²) < 4.78 is 19.4. The Balaban J connectivity index is 1.07. The van der Waals surface area contributed by atoms with Gasteiger partial charge in [-0.15, -0.1) is 0 Å². The molecule has 232 valence electrons. The van der Waals surface area contributed by atoms with Gasteiger partial charge in [0.25, 0.3) is 0 Å². The van der Waals surface area contributed by atoms with Crippen LogP contribution in [0.2, 0.25) is 0 Å². The number of aliphatic hydroxyl groups excluding tert-OH is 1. The Morgan fingerprint density at radius 3 is 2.49 bits per heavy atom. The molecule has 0 aromatic carbocycles. The molecule has 2 aliphatic heterocycles. The third-order valence-corrected chi connectivity index (χ3v) is 14.4. The number of amides is 1. The molecule has 5 saturated carbocycles. The maximum absolute atomic E-state index is 12.0. The van der Waals surface area contributed by atoms with Crippen LogP contribution >= 0.6 is 0 Å². The number of aliphatic hydroxyl groups is 2. The summed E-state index contributed by atoms with van der Waals surface area (Å²) in [6, 6.07) is 0. The highest BCUT2D eigenvalue weighted by molar-refractivity contribution is 5.73. The number of carbonyl (C=O) groups excluding carboxylic acids is 1. The minimum atomic E-state index is -1.14. The topological polar surface area (TPSA) is 88.5 Å². The molecule has 7 fully saturated rings. The van der Waals surface area contributed by atoms with Gasteiger partial charge in [-0.05, 0) is 123 Å². The van der Waals surface area contributed by atoms with Crippen molar-refractivity contribution in [3.8, 4) is 0 Å². The van der Waals surface area contributed by atoms with E-state index in [1.165, 1.54) is 38.5 Å². The van der Waals surface area contributed by atoms with Crippen LogP contribution in [0.4, 0.5) is 0 Å². The molecule has 0 bridgehead atoms. The fourth-order valence-corrected chi connectivity index (χ4v) is 12.4. The van der Waals surface area contributed by atoms with Crippen molar-refractivity contribution in [1.82, 2.24) is 4.90 Å². The van der Waals surface area contributed by atoms with Gasteiger partial charge in [0, 0.05) is 13.5 Å². The first kappa shape index (κ1) is 29.0. The van der Waals surface area contributed by atoms with Gasteiger partial charge in [-0.25, -0.2) is 0 Å². The molecule has 0 aromatic rings. The van der Waals surface area contributed by atoms with E-state index in [9.17, 15) is 15.0 Å².